The van der Waals surface area contributed by atoms with Crippen LogP contribution in [0.25, 0.3) is 0 Å². The summed E-state index contributed by atoms with van der Waals surface area (Å²) in [4.78, 5) is 7.64. The van der Waals surface area contributed by atoms with E-state index < -0.39 is 0 Å². The number of fused-ring (bicyclic) bond motifs is 1. The van der Waals surface area contributed by atoms with Crippen molar-refractivity contribution >= 4 is 5.96 Å². The number of rotatable bonds is 6. The van der Waals surface area contributed by atoms with E-state index in [9.17, 15) is 0 Å². The van der Waals surface area contributed by atoms with Gasteiger partial charge >= 0.3 is 0 Å². The average molecular weight is 385 g/mol. The minimum atomic E-state index is 0.158. The van der Waals surface area contributed by atoms with Gasteiger partial charge in [-0.15, -0.1) is 0 Å². The number of aliphatic imine (C=N–C) groups is 1. The van der Waals surface area contributed by atoms with Crippen LogP contribution in [0.3, 0.4) is 0 Å². The second-order valence-corrected chi connectivity index (χ2v) is 9.08. The molecule has 4 rings (SSSR count). The number of benzene rings is 1. The number of nitrogens with one attached hydrogen (secondary N) is 2. The Morgan fingerprint density at radius 1 is 1.25 bits per heavy atom. The van der Waals surface area contributed by atoms with E-state index in [1.54, 1.807) is 0 Å². The van der Waals surface area contributed by atoms with Gasteiger partial charge in [-0.1, -0.05) is 44.2 Å². The summed E-state index contributed by atoms with van der Waals surface area (Å²) < 4.78 is 5.96. The van der Waals surface area contributed by atoms with E-state index in [1.165, 1.54) is 31.5 Å². The molecule has 2 aliphatic heterocycles. The fourth-order valence-electron chi connectivity index (χ4n) is 5.42. The summed E-state index contributed by atoms with van der Waals surface area (Å²) in [5.74, 6) is 1.56. The molecule has 4 unspecified atom stereocenters. The van der Waals surface area contributed by atoms with Gasteiger partial charge in [0.15, 0.2) is 5.96 Å². The molecule has 0 bridgehead atoms. The summed E-state index contributed by atoms with van der Waals surface area (Å²) in [6.45, 7) is 11.7. The molecule has 28 heavy (non-hydrogen) atoms. The molecule has 1 aliphatic carbocycles. The number of likely N-dealkylation sites (tertiary alicyclic amines) is 1. The van der Waals surface area contributed by atoms with Crippen LogP contribution in [0.15, 0.2) is 35.3 Å². The molecule has 0 radical (unpaired) electrons. The monoisotopic (exact) mass is 384 g/mol. The van der Waals surface area contributed by atoms with Crippen LogP contribution >= 0.6 is 0 Å². The van der Waals surface area contributed by atoms with Crippen LogP contribution in [-0.4, -0.2) is 55.8 Å². The van der Waals surface area contributed by atoms with E-state index in [2.05, 4.69) is 66.6 Å². The second kappa shape index (κ2) is 8.42. The van der Waals surface area contributed by atoms with E-state index in [1.807, 2.05) is 0 Å². The third-order valence-electron chi connectivity index (χ3n) is 6.93. The van der Waals surface area contributed by atoms with Crippen LogP contribution in [0.4, 0.5) is 0 Å². The summed E-state index contributed by atoms with van der Waals surface area (Å²) in [5.41, 5.74) is 1.53. The molecule has 5 heteroatoms. The maximum atomic E-state index is 5.96. The SMILES string of the molecule is CCNC(=NCC(c1ccccc1)N1CCCC1)NC1C2CCOC2C1(C)C. The summed E-state index contributed by atoms with van der Waals surface area (Å²) >= 11 is 0. The fraction of sp³-hybridized carbons (Fsp3) is 0.696. The van der Waals surface area contributed by atoms with Gasteiger partial charge in [-0.25, -0.2) is 0 Å². The Labute approximate surface area is 169 Å². The average Bonchev–Trinajstić information content (AvgIpc) is 3.38. The molecule has 1 saturated carbocycles. The molecule has 4 atom stereocenters. The van der Waals surface area contributed by atoms with Crippen molar-refractivity contribution in [3.8, 4) is 0 Å². The molecular formula is C23H36N4O. The van der Waals surface area contributed by atoms with Crippen molar-refractivity contribution in [1.29, 1.82) is 0 Å². The zero-order valence-electron chi connectivity index (χ0n) is 17.7. The van der Waals surface area contributed by atoms with Crippen LogP contribution in [0.2, 0.25) is 0 Å². The van der Waals surface area contributed by atoms with E-state index in [4.69, 9.17) is 9.73 Å². The van der Waals surface area contributed by atoms with E-state index in [0.717, 1.165) is 32.1 Å². The van der Waals surface area contributed by atoms with Crippen molar-refractivity contribution in [3.05, 3.63) is 35.9 Å². The normalized spacial score (nSPS) is 30.5. The number of ether oxygens (including phenoxy) is 1. The van der Waals surface area contributed by atoms with Crippen molar-refractivity contribution in [3.63, 3.8) is 0 Å². The molecular weight excluding hydrogens is 348 g/mol. The molecule has 1 aromatic carbocycles. The van der Waals surface area contributed by atoms with E-state index >= 15 is 0 Å². The lowest BCUT2D eigenvalue weighted by molar-refractivity contribution is -0.106. The van der Waals surface area contributed by atoms with Gasteiger partial charge in [-0.2, -0.15) is 0 Å². The van der Waals surface area contributed by atoms with Crippen LogP contribution in [0.5, 0.6) is 0 Å². The third kappa shape index (κ3) is 3.79. The molecule has 1 aromatic rings. The molecule has 0 aromatic heterocycles. The predicted octanol–water partition coefficient (Wildman–Crippen LogP) is 3.19. The number of guanidine groups is 1. The number of hydrogen-bond acceptors (Lipinski definition) is 3. The molecule has 5 nitrogen and oxygen atoms in total. The Morgan fingerprint density at radius 2 is 2.00 bits per heavy atom. The van der Waals surface area contributed by atoms with Crippen LogP contribution in [0.1, 0.15) is 51.6 Å². The topological polar surface area (TPSA) is 48.9 Å². The second-order valence-electron chi connectivity index (χ2n) is 9.08. The number of nitrogens with zero attached hydrogens (tertiary/aromatic N) is 2. The van der Waals surface area contributed by atoms with Gasteiger partial charge in [-0.05, 0) is 44.8 Å². The first-order valence-electron chi connectivity index (χ1n) is 11.1. The van der Waals surface area contributed by atoms with Crippen LogP contribution < -0.4 is 10.6 Å². The zero-order valence-corrected chi connectivity index (χ0v) is 17.7. The van der Waals surface area contributed by atoms with Gasteiger partial charge in [0.2, 0.25) is 0 Å². The minimum Gasteiger partial charge on any atom is -0.377 e. The maximum Gasteiger partial charge on any atom is 0.191 e. The highest BCUT2D eigenvalue weighted by Gasteiger charge is 2.59. The Morgan fingerprint density at radius 3 is 2.71 bits per heavy atom. The Balaban J connectivity index is 1.48. The van der Waals surface area contributed by atoms with Crippen molar-refractivity contribution in [2.24, 2.45) is 16.3 Å². The molecule has 154 valence electrons. The lowest BCUT2D eigenvalue weighted by atomic mass is 9.57. The summed E-state index contributed by atoms with van der Waals surface area (Å²) in [6.07, 6.45) is 4.15. The first kappa shape index (κ1) is 19.7. The quantitative estimate of drug-likeness (QED) is 0.584. The maximum absolute atomic E-state index is 5.96. The first-order valence-corrected chi connectivity index (χ1v) is 11.1. The largest absolute Gasteiger partial charge is 0.377 e. The fourth-order valence-corrected chi connectivity index (χ4v) is 5.42. The smallest absolute Gasteiger partial charge is 0.191 e. The first-order chi connectivity index (χ1) is 13.6. The highest BCUT2D eigenvalue weighted by Crippen LogP contribution is 2.52. The minimum absolute atomic E-state index is 0.158. The van der Waals surface area contributed by atoms with Gasteiger partial charge < -0.3 is 15.4 Å². The molecule has 2 N–H and O–H groups in total. The zero-order chi connectivity index (χ0) is 19.6. The summed E-state index contributed by atoms with van der Waals surface area (Å²) in [6, 6.07) is 11.7. The van der Waals surface area contributed by atoms with Gasteiger partial charge in [0.1, 0.15) is 0 Å². The Bertz CT molecular complexity index is 668. The standard InChI is InChI=1S/C23H36N4O/c1-4-24-22(26-20-18-12-15-28-21(18)23(20,2)3)25-16-19(27-13-8-9-14-27)17-10-6-5-7-11-17/h5-7,10-11,18-21H,4,8-9,12-16H2,1-3H3,(H2,24,25,26). The van der Waals surface area contributed by atoms with E-state index in [0.29, 0.717) is 24.1 Å². The summed E-state index contributed by atoms with van der Waals surface area (Å²) in [5, 5.41) is 7.23. The third-order valence-corrected chi connectivity index (χ3v) is 6.93. The van der Waals surface area contributed by atoms with Crippen molar-refractivity contribution in [2.75, 3.05) is 32.8 Å². The number of hydrogen-bond donors (Lipinski definition) is 2. The highest BCUT2D eigenvalue weighted by molar-refractivity contribution is 5.80. The van der Waals surface area contributed by atoms with Gasteiger partial charge in [0, 0.05) is 30.5 Å². The van der Waals surface area contributed by atoms with Gasteiger partial charge in [0.05, 0.1) is 18.7 Å². The van der Waals surface area contributed by atoms with Crippen molar-refractivity contribution in [1.82, 2.24) is 15.5 Å². The molecule has 0 spiro atoms. The molecule has 0 amide bonds. The molecule has 3 fully saturated rings. The molecule has 3 aliphatic rings. The Kier molecular flexibility index (Phi) is 5.93. The molecule has 2 saturated heterocycles. The Hall–Kier alpha value is -1.59. The highest BCUT2D eigenvalue weighted by atomic mass is 16.5. The van der Waals surface area contributed by atoms with Crippen molar-refractivity contribution in [2.45, 2.75) is 58.2 Å². The van der Waals surface area contributed by atoms with E-state index in [-0.39, 0.29) is 5.41 Å². The summed E-state index contributed by atoms with van der Waals surface area (Å²) in [7, 11) is 0. The lowest BCUT2D eigenvalue weighted by Gasteiger charge is -2.55. The van der Waals surface area contributed by atoms with Crippen molar-refractivity contribution < 1.29 is 4.74 Å². The predicted molar refractivity (Wildman–Crippen MR) is 115 cm³/mol. The lowest BCUT2D eigenvalue weighted by Crippen LogP contribution is -2.68. The van der Waals surface area contributed by atoms with Crippen LogP contribution in [0, 0.1) is 11.3 Å². The molecule has 2 heterocycles. The van der Waals surface area contributed by atoms with Gasteiger partial charge in [0.25, 0.3) is 0 Å². The van der Waals surface area contributed by atoms with Gasteiger partial charge in [-0.3, -0.25) is 9.89 Å². The van der Waals surface area contributed by atoms with Crippen LogP contribution in [-0.2, 0) is 4.74 Å².